The number of ether oxygens (including phenoxy) is 1. The Bertz CT molecular complexity index is 1220. The lowest BCUT2D eigenvalue weighted by Crippen LogP contribution is -2.45. The smallest absolute Gasteiger partial charge is 0.305 e. The van der Waals surface area contributed by atoms with E-state index >= 15 is 0 Å². The van der Waals surface area contributed by atoms with Crippen molar-refractivity contribution in [2.75, 3.05) is 13.2 Å². The van der Waals surface area contributed by atoms with Crippen LogP contribution in [0.4, 0.5) is 0 Å². The van der Waals surface area contributed by atoms with Crippen molar-refractivity contribution in [2.45, 2.75) is 411 Å². The third-order valence-corrected chi connectivity index (χ3v) is 16.7. The Morgan fingerprint density at radius 3 is 0.949 bits per heavy atom. The molecular formula is C72H139NO5. The molecule has 2 atom stereocenters. The van der Waals surface area contributed by atoms with Gasteiger partial charge in [0.1, 0.15) is 0 Å². The Kier molecular flexibility index (Phi) is 66.4. The Morgan fingerprint density at radius 1 is 0.346 bits per heavy atom. The summed E-state index contributed by atoms with van der Waals surface area (Å²) >= 11 is 0. The molecule has 6 nitrogen and oxygen atoms in total. The van der Waals surface area contributed by atoms with Gasteiger partial charge >= 0.3 is 5.97 Å². The average Bonchev–Trinajstić information content (AvgIpc) is 3.44. The van der Waals surface area contributed by atoms with Crippen LogP contribution in [0.15, 0.2) is 24.3 Å². The van der Waals surface area contributed by atoms with E-state index in [1.807, 2.05) is 0 Å². The van der Waals surface area contributed by atoms with Crippen LogP contribution in [0.2, 0.25) is 0 Å². The summed E-state index contributed by atoms with van der Waals surface area (Å²) in [7, 11) is 0. The highest BCUT2D eigenvalue weighted by atomic mass is 16.5. The molecule has 1 amide bonds. The van der Waals surface area contributed by atoms with Gasteiger partial charge in [0.25, 0.3) is 0 Å². The summed E-state index contributed by atoms with van der Waals surface area (Å²) in [5, 5.41) is 23.4. The molecule has 3 N–H and O–H groups in total. The van der Waals surface area contributed by atoms with Crippen molar-refractivity contribution in [3.05, 3.63) is 24.3 Å². The van der Waals surface area contributed by atoms with E-state index in [0.717, 1.165) is 44.9 Å². The Morgan fingerprint density at radius 2 is 0.615 bits per heavy atom. The second-order valence-electron chi connectivity index (χ2n) is 24.6. The number of hydrogen-bond acceptors (Lipinski definition) is 5. The molecule has 0 saturated heterocycles. The van der Waals surface area contributed by atoms with E-state index in [1.165, 1.54) is 321 Å². The summed E-state index contributed by atoms with van der Waals surface area (Å²) in [4.78, 5) is 24.6. The van der Waals surface area contributed by atoms with Crippen LogP contribution in [0.5, 0.6) is 0 Å². The molecular weight excluding hydrogens is 959 g/mol. The number of allylic oxidation sites excluding steroid dienone is 4. The van der Waals surface area contributed by atoms with Gasteiger partial charge in [-0.15, -0.1) is 0 Å². The normalized spacial score (nSPS) is 12.6. The highest BCUT2D eigenvalue weighted by molar-refractivity contribution is 5.76. The van der Waals surface area contributed by atoms with Gasteiger partial charge in [0.2, 0.25) is 5.91 Å². The molecule has 78 heavy (non-hydrogen) atoms. The molecule has 0 fully saturated rings. The van der Waals surface area contributed by atoms with E-state index in [9.17, 15) is 19.8 Å². The molecule has 0 radical (unpaired) electrons. The predicted octanol–water partition coefficient (Wildman–Crippen LogP) is 22.9. The van der Waals surface area contributed by atoms with Crippen LogP contribution in [-0.4, -0.2) is 47.4 Å². The van der Waals surface area contributed by atoms with Gasteiger partial charge in [-0.3, -0.25) is 9.59 Å². The van der Waals surface area contributed by atoms with E-state index in [1.54, 1.807) is 0 Å². The highest BCUT2D eigenvalue weighted by Crippen LogP contribution is 2.19. The number of unbranched alkanes of at least 4 members (excludes halogenated alkanes) is 52. The average molecular weight is 1100 g/mol. The van der Waals surface area contributed by atoms with Crippen molar-refractivity contribution in [2.24, 2.45) is 0 Å². The Labute approximate surface area is 488 Å². The van der Waals surface area contributed by atoms with Crippen molar-refractivity contribution in [3.63, 3.8) is 0 Å². The van der Waals surface area contributed by atoms with Gasteiger partial charge in [-0.05, 0) is 70.6 Å². The fourth-order valence-electron chi connectivity index (χ4n) is 11.3. The first-order valence-electron chi connectivity index (χ1n) is 35.6. The molecule has 0 aliphatic rings. The fraction of sp³-hybridized carbons (Fsp3) is 0.917. The predicted molar refractivity (Wildman–Crippen MR) is 343 cm³/mol. The van der Waals surface area contributed by atoms with Crippen LogP contribution >= 0.6 is 0 Å². The lowest BCUT2D eigenvalue weighted by atomic mass is 10.0. The molecule has 0 aliphatic heterocycles. The van der Waals surface area contributed by atoms with Crippen molar-refractivity contribution in [1.82, 2.24) is 5.32 Å². The van der Waals surface area contributed by atoms with Gasteiger partial charge in [-0.1, -0.05) is 340 Å². The quantitative estimate of drug-likeness (QED) is 0.0320. The van der Waals surface area contributed by atoms with E-state index in [4.69, 9.17) is 4.74 Å². The van der Waals surface area contributed by atoms with Crippen molar-refractivity contribution >= 4 is 11.9 Å². The molecule has 0 spiro atoms. The van der Waals surface area contributed by atoms with Crippen LogP contribution in [0.3, 0.4) is 0 Å². The first-order chi connectivity index (χ1) is 38.5. The number of aliphatic hydroxyl groups excluding tert-OH is 2. The molecule has 0 bridgehead atoms. The molecule has 0 aromatic carbocycles. The minimum absolute atomic E-state index is 0.00536. The monoisotopic (exact) mass is 1100 g/mol. The summed E-state index contributed by atoms with van der Waals surface area (Å²) in [6, 6.07) is -0.542. The lowest BCUT2D eigenvalue weighted by molar-refractivity contribution is -0.143. The number of amides is 1. The first-order valence-corrected chi connectivity index (χ1v) is 35.6. The maximum atomic E-state index is 12.6. The van der Waals surface area contributed by atoms with E-state index < -0.39 is 12.1 Å². The number of esters is 1. The maximum absolute atomic E-state index is 12.6. The minimum atomic E-state index is -0.665. The summed E-state index contributed by atoms with van der Waals surface area (Å²) in [6.45, 7) is 4.95. The molecule has 462 valence electrons. The number of aliphatic hydroxyl groups is 2. The molecule has 0 aromatic heterocycles. The SMILES string of the molecule is CCCC/C=C\CCCCCCCC(=O)OCCCCCCCCCCCCCC/C=C\CCCCCCCCCCCCCCC(=O)NC(CO)C(O)CCCCCCCCCCCCCCCCCCCCCCCC. The van der Waals surface area contributed by atoms with E-state index in [2.05, 4.69) is 43.5 Å². The fourth-order valence-corrected chi connectivity index (χ4v) is 11.3. The van der Waals surface area contributed by atoms with Gasteiger partial charge in [-0.25, -0.2) is 0 Å². The van der Waals surface area contributed by atoms with Crippen LogP contribution in [0.25, 0.3) is 0 Å². The summed E-state index contributed by atoms with van der Waals surface area (Å²) < 4.78 is 5.47. The van der Waals surface area contributed by atoms with Gasteiger partial charge in [0.15, 0.2) is 0 Å². The lowest BCUT2D eigenvalue weighted by Gasteiger charge is -2.22. The number of carbonyl (C=O) groups is 2. The van der Waals surface area contributed by atoms with Gasteiger partial charge < -0.3 is 20.3 Å². The van der Waals surface area contributed by atoms with Crippen molar-refractivity contribution in [1.29, 1.82) is 0 Å². The van der Waals surface area contributed by atoms with Crippen LogP contribution in [0, 0.1) is 0 Å². The second kappa shape index (κ2) is 67.8. The van der Waals surface area contributed by atoms with Crippen LogP contribution in [0.1, 0.15) is 399 Å². The standard InChI is InChI=1S/C72H139NO5/c1-3-5-7-9-11-13-15-16-17-18-19-20-29-32-35-38-41-45-48-52-56-60-64-70(75)69(68-74)73-71(76)65-61-57-53-49-46-42-39-36-33-30-27-25-23-21-22-24-26-28-31-34-37-40-43-47-51-55-59-63-67-78-72(77)66-62-58-54-50-44-14-12-10-8-6-4-2/h10,12,21-22,69-70,74-75H,3-9,11,13-20,23-68H2,1-2H3,(H,73,76)/b12-10-,22-21-. The molecule has 0 aromatic rings. The van der Waals surface area contributed by atoms with Crippen molar-refractivity contribution in [3.8, 4) is 0 Å². The van der Waals surface area contributed by atoms with Crippen LogP contribution in [-0.2, 0) is 14.3 Å². The van der Waals surface area contributed by atoms with Gasteiger partial charge in [-0.2, -0.15) is 0 Å². The van der Waals surface area contributed by atoms with E-state index in [-0.39, 0.29) is 18.5 Å². The third kappa shape index (κ3) is 63.5. The number of hydrogen-bond donors (Lipinski definition) is 3. The second-order valence-corrected chi connectivity index (χ2v) is 24.6. The third-order valence-electron chi connectivity index (χ3n) is 16.7. The molecule has 6 heteroatoms. The number of rotatable bonds is 67. The molecule has 0 saturated carbocycles. The zero-order valence-corrected chi connectivity index (χ0v) is 52.9. The van der Waals surface area contributed by atoms with Gasteiger partial charge in [0, 0.05) is 12.8 Å². The maximum Gasteiger partial charge on any atom is 0.305 e. The molecule has 0 aliphatic carbocycles. The summed E-state index contributed by atoms with van der Waals surface area (Å²) in [6.07, 6.45) is 85.2. The molecule has 0 rings (SSSR count). The van der Waals surface area contributed by atoms with E-state index in [0.29, 0.717) is 25.9 Å². The zero-order chi connectivity index (χ0) is 56.4. The van der Waals surface area contributed by atoms with Crippen molar-refractivity contribution < 1.29 is 24.5 Å². The Hall–Kier alpha value is -1.66. The number of carbonyl (C=O) groups excluding carboxylic acids is 2. The summed E-state index contributed by atoms with van der Waals surface area (Å²) in [5.41, 5.74) is 0. The Balaban J connectivity index is 3.38. The number of nitrogens with one attached hydrogen (secondary N) is 1. The minimum Gasteiger partial charge on any atom is -0.466 e. The first kappa shape index (κ1) is 76.3. The molecule has 2 unspecified atom stereocenters. The molecule has 0 heterocycles. The highest BCUT2D eigenvalue weighted by Gasteiger charge is 2.20. The van der Waals surface area contributed by atoms with Crippen LogP contribution < -0.4 is 5.32 Å². The topological polar surface area (TPSA) is 95.9 Å². The largest absolute Gasteiger partial charge is 0.466 e. The summed E-state index contributed by atoms with van der Waals surface area (Å²) in [5.74, 6) is -0.0249. The van der Waals surface area contributed by atoms with Gasteiger partial charge in [0.05, 0.1) is 25.4 Å². The zero-order valence-electron chi connectivity index (χ0n) is 52.9.